The first-order chi connectivity index (χ1) is 12.4. The van der Waals surface area contributed by atoms with Crippen LogP contribution in [0.1, 0.15) is 10.4 Å². The number of anilines is 2. The lowest BCUT2D eigenvalue weighted by molar-refractivity contribution is 0.0740. The fourth-order valence-corrected chi connectivity index (χ4v) is 2.73. The molecule has 0 saturated carbocycles. The van der Waals surface area contributed by atoms with Crippen molar-refractivity contribution < 1.29 is 18.0 Å². The van der Waals surface area contributed by atoms with E-state index in [1.54, 1.807) is 0 Å². The molecule has 0 bridgehead atoms. The third-order valence-electron chi connectivity index (χ3n) is 4.25. The normalized spacial score (nSPS) is 14.5. The molecular formula is C17H18F3N5O. The van der Waals surface area contributed by atoms with Gasteiger partial charge in [0, 0.05) is 40.3 Å². The zero-order valence-electron chi connectivity index (χ0n) is 14.4. The number of hydrogen-bond donors (Lipinski definition) is 0. The maximum absolute atomic E-state index is 13.8. The van der Waals surface area contributed by atoms with E-state index in [1.807, 2.05) is 36.0 Å². The second-order valence-electron chi connectivity index (χ2n) is 6.15. The summed E-state index contributed by atoms with van der Waals surface area (Å²) >= 11 is 0. The molecule has 0 radical (unpaired) electrons. The number of amides is 1. The van der Waals surface area contributed by atoms with Crippen LogP contribution in [-0.4, -0.2) is 61.3 Å². The van der Waals surface area contributed by atoms with Gasteiger partial charge in [-0.15, -0.1) is 10.2 Å². The van der Waals surface area contributed by atoms with Crippen molar-refractivity contribution in [2.45, 2.75) is 0 Å². The molecule has 1 amide bonds. The van der Waals surface area contributed by atoms with Gasteiger partial charge < -0.3 is 14.7 Å². The van der Waals surface area contributed by atoms with Gasteiger partial charge in [-0.1, -0.05) is 0 Å². The van der Waals surface area contributed by atoms with Crippen molar-refractivity contribution in [3.05, 3.63) is 47.3 Å². The fraction of sp³-hybridized carbons (Fsp3) is 0.353. The lowest BCUT2D eigenvalue weighted by Crippen LogP contribution is -2.49. The van der Waals surface area contributed by atoms with Gasteiger partial charge in [-0.3, -0.25) is 4.79 Å². The summed E-state index contributed by atoms with van der Waals surface area (Å²) in [6.07, 6.45) is 0. The predicted octanol–water partition coefficient (Wildman–Crippen LogP) is 1.92. The zero-order valence-corrected chi connectivity index (χ0v) is 14.4. The van der Waals surface area contributed by atoms with E-state index in [0.29, 0.717) is 32.0 Å². The van der Waals surface area contributed by atoms with Crippen LogP contribution >= 0.6 is 0 Å². The molecule has 1 aliphatic rings. The van der Waals surface area contributed by atoms with Crippen molar-refractivity contribution in [3.8, 4) is 0 Å². The summed E-state index contributed by atoms with van der Waals surface area (Å²) in [5.74, 6) is -3.65. The van der Waals surface area contributed by atoms with Crippen LogP contribution in [0, 0.1) is 17.5 Å². The summed E-state index contributed by atoms with van der Waals surface area (Å²) < 4.78 is 40.2. The number of benzene rings is 1. The molecule has 6 nitrogen and oxygen atoms in total. The molecule has 3 rings (SSSR count). The fourth-order valence-electron chi connectivity index (χ4n) is 2.73. The maximum atomic E-state index is 13.8. The number of nitrogens with zero attached hydrogens (tertiary/aromatic N) is 5. The molecule has 1 saturated heterocycles. The van der Waals surface area contributed by atoms with Gasteiger partial charge in [-0.2, -0.15) is 0 Å². The van der Waals surface area contributed by atoms with E-state index in [0.717, 1.165) is 18.0 Å². The summed E-state index contributed by atoms with van der Waals surface area (Å²) in [6.45, 7) is 1.59. The van der Waals surface area contributed by atoms with E-state index >= 15 is 0 Å². The summed E-state index contributed by atoms with van der Waals surface area (Å²) in [7, 11) is 3.73. The first-order valence-corrected chi connectivity index (χ1v) is 8.07. The maximum Gasteiger partial charge on any atom is 0.257 e. The summed E-state index contributed by atoms with van der Waals surface area (Å²) in [6, 6.07) is 5.41. The lowest BCUT2D eigenvalue weighted by Gasteiger charge is -2.35. The highest BCUT2D eigenvalue weighted by atomic mass is 19.2. The molecule has 138 valence electrons. The Kier molecular flexibility index (Phi) is 4.97. The van der Waals surface area contributed by atoms with Crippen LogP contribution in [0.4, 0.5) is 24.8 Å². The molecule has 1 aromatic carbocycles. The van der Waals surface area contributed by atoms with E-state index in [9.17, 15) is 18.0 Å². The summed E-state index contributed by atoms with van der Waals surface area (Å²) in [5, 5.41) is 8.28. The molecule has 1 fully saturated rings. The number of halogens is 3. The van der Waals surface area contributed by atoms with E-state index in [2.05, 4.69) is 10.2 Å². The molecular weight excluding hydrogens is 347 g/mol. The molecule has 1 aromatic heterocycles. The van der Waals surface area contributed by atoms with Crippen molar-refractivity contribution in [1.29, 1.82) is 0 Å². The van der Waals surface area contributed by atoms with Gasteiger partial charge in [-0.25, -0.2) is 13.2 Å². The molecule has 26 heavy (non-hydrogen) atoms. The molecule has 9 heteroatoms. The topological polar surface area (TPSA) is 52.6 Å². The van der Waals surface area contributed by atoms with E-state index in [1.165, 1.54) is 4.90 Å². The quantitative estimate of drug-likeness (QED) is 0.778. The Morgan fingerprint density at radius 3 is 2.23 bits per heavy atom. The molecule has 0 atom stereocenters. The Bertz CT molecular complexity index is 805. The second kappa shape index (κ2) is 7.19. The Balaban J connectivity index is 1.66. The van der Waals surface area contributed by atoms with Crippen molar-refractivity contribution in [2.24, 2.45) is 0 Å². The van der Waals surface area contributed by atoms with E-state index < -0.39 is 28.9 Å². The average molecular weight is 365 g/mol. The van der Waals surface area contributed by atoms with Gasteiger partial charge >= 0.3 is 0 Å². The molecule has 0 spiro atoms. The van der Waals surface area contributed by atoms with Crippen molar-refractivity contribution in [3.63, 3.8) is 0 Å². The summed E-state index contributed by atoms with van der Waals surface area (Å²) in [5.41, 5.74) is -0.465. The minimum Gasteiger partial charge on any atom is -0.361 e. The molecule has 0 aliphatic carbocycles. The third kappa shape index (κ3) is 3.42. The second-order valence-corrected chi connectivity index (χ2v) is 6.15. The average Bonchev–Trinajstić information content (AvgIpc) is 2.66. The van der Waals surface area contributed by atoms with Crippen molar-refractivity contribution in [1.82, 2.24) is 15.1 Å². The highest BCUT2D eigenvalue weighted by molar-refractivity contribution is 5.94. The molecule has 0 N–H and O–H groups in total. The number of rotatable bonds is 3. The highest BCUT2D eigenvalue weighted by Gasteiger charge is 2.27. The van der Waals surface area contributed by atoms with Gasteiger partial charge in [-0.05, 0) is 24.3 Å². The van der Waals surface area contributed by atoms with Crippen LogP contribution in [0.15, 0.2) is 24.3 Å². The van der Waals surface area contributed by atoms with Crippen LogP contribution in [0.2, 0.25) is 0 Å². The number of piperazine rings is 1. The van der Waals surface area contributed by atoms with Crippen molar-refractivity contribution >= 4 is 17.5 Å². The molecule has 2 aromatic rings. The Morgan fingerprint density at radius 1 is 0.962 bits per heavy atom. The van der Waals surface area contributed by atoms with Crippen LogP contribution in [0.5, 0.6) is 0 Å². The molecule has 1 aliphatic heterocycles. The number of hydrogen-bond acceptors (Lipinski definition) is 5. The monoisotopic (exact) mass is 365 g/mol. The first kappa shape index (κ1) is 18.0. The minimum absolute atomic E-state index is 0.314. The summed E-state index contributed by atoms with van der Waals surface area (Å²) in [4.78, 5) is 17.6. The van der Waals surface area contributed by atoms with Gasteiger partial charge in [0.2, 0.25) is 0 Å². The zero-order chi connectivity index (χ0) is 18.8. The number of carbonyl (C=O) groups is 1. The lowest BCUT2D eigenvalue weighted by atomic mass is 10.1. The Morgan fingerprint density at radius 2 is 1.65 bits per heavy atom. The van der Waals surface area contributed by atoms with Crippen LogP contribution in [0.3, 0.4) is 0 Å². The Labute approximate surface area is 148 Å². The van der Waals surface area contributed by atoms with E-state index in [4.69, 9.17) is 0 Å². The van der Waals surface area contributed by atoms with Gasteiger partial charge in [0.05, 0.1) is 5.56 Å². The minimum atomic E-state index is -1.63. The largest absolute Gasteiger partial charge is 0.361 e. The van der Waals surface area contributed by atoms with Crippen LogP contribution < -0.4 is 9.80 Å². The van der Waals surface area contributed by atoms with Crippen LogP contribution in [0.25, 0.3) is 0 Å². The molecule has 0 unspecified atom stereocenters. The SMILES string of the molecule is CN(C)c1ccc(N2CCN(C(=O)c3ccc(F)c(F)c3F)CC2)nn1. The first-order valence-electron chi connectivity index (χ1n) is 8.07. The van der Waals surface area contributed by atoms with E-state index in [-0.39, 0.29) is 0 Å². The Hall–Kier alpha value is -2.84. The van der Waals surface area contributed by atoms with Crippen molar-refractivity contribution in [2.75, 3.05) is 50.1 Å². The predicted molar refractivity (Wildman–Crippen MR) is 90.8 cm³/mol. The number of carbonyl (C=O) groups excluding carboxylic acids is 1. The van der Waals surface area contributed by atoms with Gasteiger partial charge in [0.15, 0.2) is 29.1 Å². The third-order valence-corrected chi connectivity index (χ3v) is 4.25. The highest BCUT2D eigenvalue weighted by Crippen LogP contribution is 2.19. The smallest absolute Gasteiger partial charge is 0.257 e. The van der Waals surface area contributed by atoms with Crippen LogP contribution in [-0.2, 0) is 0 Å². The van der Waals surface area contributed by atoms with Gasteiger partial charge in [0.1, 0.15) is 0 Å². The number of aromatic nitrogens is 2. The van der Waals surface area contributed by atoms with Gasteiger partial charge in [0.25, 0.3) is 5.91 Å². The standard InChI is InChI=1S/C17H18F3N5O/c1-23(2)13-5-6-14(22-21-13)24-7-9-25(10-8-24)17(26)11-3-4-12(18)16(20)15(11)19/h3-6H,7-10H2,1-2H3. The molecule has 2 heterocycles.